The van der Waals surface area contributed by atoms with E-state index in [9.17, 15) is 19.5 Å². The second kappa shape index (κ2) is 14.0. The maximum absolute atomic E-state index is 12.9. The van der Waals surface area contributed by atoms with Gasteiger partial charge < -0.3 is 38.3 Å². The first-order valence-corrected chi connectivity index (χ1v) is 12.5. The predicted octanol–water partition coefficient (Wildman–Crippen LogP) is 2.94. The van der Waals surface area contributed by atoms with Gasteiger partial charge in [-0.2, -0.15) is 0 Å². The molecule has 2 aliphatic rings. The average molecular weight is 550 g/mol. The number of aliphatic hydroxyl groups is 1. The number of nitrogens with one attached hydrogen (secondary N) is 1. The highest BCUT2D eigenvalue weighted by Crippen LogP contribution is 2.35. The summed E-state index contributed by atoms with van der Waals surface area (Å²) in [7, 11) is 1.31. The van der Waals surface area contributed by atoms with Crippen LogP contribution in [0.15, 0.2) is 43.5 Å². The molecule has 7 atom stereocenters. The van der Waals surface area contributed by atoms with Crippen LogP contribution < -0.4 is 14.8 Å². The van der Waals surface area contributed by atoms with Crippen molar-refractivity contribution in [3.8, 4) is 11.5 Å². The highest BCUT2D eigenvalue weighted by molar-refractivity contribution is 5.85. The number of amides is 1. The molecule has 0 aromatic heterocycles. The molecule has 0 bridgehead atoms. The van der Waals surface area contributed by atoms with Gasteiger partial charge in [-0.15, -0.1) is 13.2 Å². The van der Waals surface area contributed by atoms with Gasteiger partial charge in [0.05, 0.1) is 18.4 Å². The molecule has 0 aliphatic carbocycles. The van der Waals surface area contributed by atoms with Crippen LogP contribution in [0, 0.1) is 11.8 Å². The Morgan fingerprint density at radius 1 is 1.00 bits per heavy atom. The van der Waals surface area contributed by atoms with Crippen molar-refractivity contribution in [1.29, 1.82) is 0 Å². The summed E-state index contributed by atoms with van der Waals surface area (Å²) in [5.74, 6) is -1.49. The zero-order chi connectivity index (χ0) is 28.5. The fourth-order valence-electron chi connectivity index (χ4n) is 4.06. The Morgan fingerprint density at radius 2 is 1.62 bits per heavy atom. The Morgan fingerprint density at radius 3 is 2.21 bits per heavy atom. The van der Waals surface area contributed by atoms with Gasteiger partial charge in [0, 0.05) is 18.9 Å². The third-order valence-corrected chi connectivity index (χ3v) is 6.22. The second-order valence-electron chi connectivity index (χ2n) is 9.18. The largest absolute Gasteiger partial charge is 0.454 e. The van der Waals surface area contributed by atoms with Crippen molar-refractivity contribution in [3.63, 3.8) is 0 Å². The first kappa shape index (κ1) is 29.9. The molecule has 12 heteroatoms. The van der Waals surface area contributed by atoms with Crippen molar-refractivity contribution in [2.24, 2.45) is 11.8 Å². The number of rotatable bonds is 12. The third kappa shape index (κ3) is 7.49. The fourth-order valence-corrected chi connectivity index (χ4v) is 4.06. The molecule has 1 amide bonds. The number of carbonyl (C=O) groups is 3. The number of carbonyl (C=O) groups excluding carboxylic acids is 3. The summed E-state index contributed by atoms with van der Waals surface area (Å²) in [5.41, 5.74) is 0.339. The highest BCUT2D eigenvalue weighted by Gasteiger charge is 2.53. The number of methoxy groups -OCH3 is 1. The monoisotopic (exact) mass is 549 g/mol. The molecule has 2 aliphatic heterocycles. The third-order valence-electron chi connectivity index (χ3n) is 6.22. The molecule has 39 heavy (non-hydrogen) atoms. The quantitative estimate of drug-likeness (QED) is 0.225. The number of fused-ring (bicyclic) bond motifs is 1. The van der Waals surface area contributed by atoms with E-state index in [1.54, 1.807) is 44.2 Å². The summed E-state index contributed by atoms with van der Waals surface area (Å²) < 4.78 is 38.8. The summed E-state index contributed by atoms with van der Waals surface area (Å²) in [5, 5.41) is 12.6. The van der Waals surface area contributed by atoms with E-state index in [0.29, 0.717) is 30.0 Å². The van der Waals surface area contributed by atoms with Crippen molar-refractivity contribution in [1.82, 2.24) is 0 Å². The summed E-state index contributed by atoms with van der Waals surface area (Å²) in [6.07, 6.45) is -3.63. The Balaban J connectivity index is 1.88. The van der Waals surface area contributed by atoms with Crippen LogP contribution in [0.25, 0.3) is 0 Å². The minimum absolute atomic E-state index is 0.0599. The molecule has 0 spiro atoms. The SMILES string of the molecule is C=CC[C@H](C)C(=O)O[C@@H]1[C@@H](OC(=O)[C@@H](C)CC=C)[C@@H](OC)O[C@H](CO)[C@H]1OC(=O)Nc1ccc2c(c1)OCO2. The zero-order valence-corrected chi connectivity index (χ0v) is 22.2. The molecule has 0 unspecified atom stereocenters. The lowest BCUT2D eigenvalue weighted by molar-refractivity contribution is -0.300. The van der Waals surface area contributed by atoms with Crippen LogP contribution in [-0.4, -0.2) is 74.4 Å². The van der Waals surface area contributed by atoms with Crippen LogP contribution in [0.4, 0.5) is 10.5 Å². The zero-order valence-electron chi connectivity index (χ0n) is 22.2. The second-order valence-corrected chi connectivity index (χ2v) is 9.18. The normalized spacial score (nSPS) is 25.1. The number of hydrogen-bond acceptors (Lipinski definition) is 11. The topological polar surface area (TPSA) is 148 Å². The van der Waals surface area contributed by atoms with Gasteiger partial charge in [-0.05, 0) is 25.0 Å². The number of esters is 2. The van der Waals surface area contributed by atoms with Crippen LogP contribution in [0.3, 0.4) is 0 Å². The van der Waals surface area contributed by atoms with Crippen molar-refractivity contribution >= 4 is 23.7 Å². The van der Waals surface area contributed by atoms with Crippen molar-refractivity contribution in [2.45, 2.75) is 57.4 Å². The van der Waals surface area contributed by atoms with E-state index in [-0.39, 0.29) is 6.79 Å². The minimum Gasteiger partial charge on any atom is -0.454 e. The summed E-state index contributed by atoms with van der Waals surface area (Å²) in [4.78, 5) is 38.7. The average Bonchev–Trinajstić information content (AvgIpc) is 3.38. The van der Waals surface area contributed by atoms with Gasteiger partial charge in [-0.25, -0.2) is 4.79 Å². The Kier molecular flexibility index (Phi) is 10.7. The molecule has 0 radical (unpaired) electrons. The van der Waals surface area contributed by atoms with Crippen LogP contribution >= 0.6 is 0 Å². The smallest absolute Gasteiger partial charge is 0.412 e. The van der Waals surface area contributed by atoms with Gasteiger partial charge in [0.1, 0.15) is 6.10 Å². The van der Waals surface area contributed by atoms with E-state index in [4.69, 9.17) is 33.2 Å². The Hall–Kier alpha value is -3.61. The lowest BCUT2D eigenvalue weighted by atomic mass is 9.97. The van der Waals surface area contributed by atoms with E-state index in [1.807, 2.05) is 0 Å². The Labute approximate surface area is 226 Å². The predicted molar refractivity (Wildman–Crippen MR) is 137 cm³/mol. The van der Waals surface area contributed by atoms with E-state index in [2.05, 4.69) is 18.5 Å². The lowest BCUT2D eigenvalue weighted by Crippen LogP contribution is -2.63. The summed E-state index contributed by atoms with van der Waals surface area (Å²) in [6.45, 7) is 9.98. The van der Waals surface area contributed by atoms with Crippen molar-refractivity contribution < 1.29 is 52.6 Å². The molecule has 1 fully saturated rings. The fraction of sp³-hybridized carbons (Fsp3) is 0.519. The molecule has 214 valence electrons. The summed E-state index contributed by atoms with van der Waals surface area (Å²) in [6, 6.07) is 4.75. The number of anilines is 1. The van der Waals surface area contributed by atoms with Crippen molar-refractivity contribution in [3.05, 3.63) is 43.5 Å². The van der Waals surface area contributed by atoms with Gasteiger partial charge in [-0.1, -0.05) is 26.0 Å². The molecule has 12 nitrogen and oxygen atoms in total. The number of benzene rings is 1. The molecular weight excluding hydrogens is 514 g/mol. The van der Waals surface area contributed by atoms with E-state index >= 15 is 0 Å². The lowest BCUT2D eigenvalue weighted by Gasteiger charge is -2.44. The maximum Gasteiger partial charge on any atom is 0.412 e. The van der Waals surface area contributed by atoms with Gasteiger partial charge in [0.15, 0.2) is 36.1 Å². The number of ether oxygens (including phenoxy) is 7. The van der Waals surface area contributed by atoms with Crippen LogP contribution in [0.5, 0.6) is 11.5 Å². The van der Waals surface area contributed by atoms with E-state index in [0.717, 1.165) is 0 Å². The van der Waals surface area contributed by atoms with E-state index in [1.165, 1.54) is 7.11 Å². The Bertz CT molecular complexity index is 1040. The first-order chi connectivity index (χ1) is 18.7. The maximum atomic E-state index is 12.9. The van der Waals surface area contributed by atoms with Crippen LogP contribution in [0.1, 0.15) is 26.7 Å². The molecule has 1 saturated heterocycles. The van der Waals surface area contributed by atoms with Gasteiger partial charge >= 0.3 is 18.0 Å². The van der Waals surface area contributed by atoms with Crippen molar-refractivity contribution in [2.75, 3.05) is 25.8 Å². The standard InChI is InChI=1S/C27H35NO11/c1-6-8-15(3)24(30)37-22-21(39-27(32)28-17-10-11-18-19(12-17)35-14-34-18)20(13-29)36-26(33-5)23(22)38-25(31)16(4)9-7-2/h6-7,10-12,15-16,20-23,26,29H,1-2,8-9,13-14H2,3-5H3,(H,28,32)/t15-,16-,20+,21+,22-,23+,26-/m0/s1. The molecule has 3 rings (SSSR count). The number of aliphatic hydroxyl groups excluding tert-OH is 1. The van der Waals surface area contributed by atoms with Gasteiger partial charge in [-0.3, -0.25) is 14.9 Å². The molecule has 2 N–H and O–H groups in total. The molecule has 1 aromatic carbocycles. The van der Waals surface area contributed by atoms with E-state index < -0.39 is 67.2 Å². The summed E-state index contributed by atoms with van der Waals surface area (Å²) >= 11 is 0. The van der Waals surface area contributed by atoms with Gasteiger partial charge in [0.25, 0.3) is 0 Å². The van der Waals surface area contributed by atoms with Gasteiger partial charge in [0.2, 0.25) is 6.79 Å². The number of hydrogen-bond donors (Lipinski definition) is 2. The molecule has 1 aromatic rings. The highest BCUT2D eigenvalue weighted by atomic mass is 16.7. The molecular formula is C27H35NO11. The molecule has 2 heterocycles. The van der Waals surface area contributed by atoms with Crippen LogP contribution in [-0.2, 0) is 33.3 Å². The molecule has 0 saturated carbocycles. The first-order valence-electron chi connectivity index (χ1n) is 12.5. The number of allylic oxidation sites excluding steroid dienone is 2. The van der Waals surface area contributed by atoms with Crippen LogP contribution in [0.2, 0.25) is 0 Å². The minimum atomic E-state index is -1.37.